The molecule has 0 saturated heterocycles. The zero-order valence-electron chi connectivity index (χ0n) is 17.5. The van der Waals surface area contributed by atoms with E-state index in [1.807, 2.05) is 45.9 Å². The average Bonchev–Trinajstić information content (AvgIpc) is 2.96. The molecule has 0 aromatic heterocycles. The van der Waals surface area contributed by atoms with Gasteiger partial charge >= 0.3 is 0 Å². The van der Waals surface area contributed by atoms with Gasteiger partial charge in [0.15, 0.2) is 0 Å². The second kappa shape index (κ2) is 7.80. The highest BCUT2D eigenvalue weighted by molar-refractivity contribution is 7.89. The fourth-order valence-electron chi connectivity index (χ4n) is 3.58. The molecule has 3 rings (SSSR count). The molecule has 156 valence electrons. The number of hydrogen-bond donors (Lipinski definition) is 1. The monoisotopic (exact) mass is 416 g/mol. The number of rotatable bonds is 6. The van der Waals surface area contributed by atoms with Crippen molar-refractivity contribution in [1.29, 1.82) is 0 Å². The summed E-state index contributed by atoms with van der Waals surface area (Å²) in [5.74, 6) is 0.601. The zero-order valence-corrected chi connectivity index (χ0v) is 18.3. The minimum absolute atomic E-state index is 0.0450. The number of benzene rings is 2. The first kappa shape index (κ1) is 21.3. The van der Waals surface area contributed by atoms with E-state index in [9.17, 15) is 13.2 Å². The Hall–Kier alpha value is -2.38. The molecule has 0 fully saturated rings. The largest absolute Gasteiger partial charge is 0.497 e. The number of nitrogens with zero attached hydrogens (tertiary/aromatic N) is 1. The van der Waals surface area contributed by atoms with Crippen molar-refractivity contribution in [3.8, 4) is 5.75 Å². The number of methoxy groups -OCH3 is 1. The van der Waals surface area contributed by atoms with Crippen LogP contribution in [0.1, 0.15) is 38.8 Å². The third-order valence-corrected chi connectivity index (χ3v) is 6.61. The van der Waals surface area contributed by atoms with Crippen molar-refractivity contribution in [2.24, 2.45) is 5.92 Å². The first-order valence-electron chi connectivity index (χ1n) is 9.63. The molecule has 0 radical (unpaired) electrons. The van der Waals surface area contributed by atoms with Crippen molar-refractivity contribution in [3.05, 3.63) is 53.6 Å². The van der Waals surface area contributed by atoms with Crippen molar-refractivity contribution in [2.75, 3.05) is 18.6 Å². The smallest absolute Gasteiger partial charge is 0.240 e. The molecule has 6 nitrogen and oxygen atoms in total. The zero-order chi connectivity index (χ0) is 21.4. The molecule has 0 unspecified atom stereocenters. The molecular weight excluding hydrogens is 388 g/mol. The Morgan fingerprint density at radius 1 is 1.21 bits per heavy atom. The standard InChI is InChI=1S/C22H28N2O4S/c1-15(2)21(25)24-14-22(3,4)19-12-18(9-10-20(19)24)29(26,27)23-13-16-7-6-8-17(11-16)28-5/h6-12,15,23H,13-14H2,1-5H3. The molecule has 1 aliphatic heterocycles. The maximum absolute atomic E-state index is 12.9. The molecular formula is C22H28N2O4S. The number of nitrogens with one attached hydrogen (secondary N) is 1. The van der Waals surface area contributed by atoms with Gasteiger partial charge in [-0.1, -0.05) is 39.8 Å². The van der Waals surface area contributed by atoms with Gasteiger partial charge in [0.25, 0.3) is 0 Å². The van der Waals surface area contributed by atoms with Gasteiger partial charge in [-0.3, -0.25) is 4.79 Å². The van der Waals surface area contributed by atoms with Crippen LogP contribution in [0.15, 0.2) is 47.4 Å². The topological polar surface area (TPSA) is 75.7 Å². The van der Waals surface area contributed by atoms with Crippen LogP contribution in [0.3, 0.4) is 0 Å². The van der Waals surface area contributed by atoms with E-state index in [0.717, 1.165) is 16.8 Å². The van der Waals surface area contributed by atoms with E-state index in [1.54, 1.807) is 36.3 Å². The average molecular weight is 417 g/mol. The lowest BCUT2D eigenvalue weighted by Crippen LogP contribution is -2.36. The Bertz CT molecular complexity index is 1030. The highest BCUT2D eigenvalue weighted by atomic mass is 32.2. The molecule has 29 heavy (non-hydrogen) atoms. The molecule has 1 amide bonds. The molecule has 0 spiro atoms. The molecule has 0 aliphatic carbocycles. The number of carbonyl (C=O) groups is 1. The van der Waals surface area contributed by atoms with E-state index < -0.39 is 10.0 Å². The molecule has 0 saturated carbocycles. The maximum Gasteiger partial charge on any atom is 0.240 e. The number of hydrogen-bond acceptors (Lipinski definition) is 4. The predicted octanol–water partition coefficient (Wildman–Crippen LogP) is 3.45. The number of ether oxygens (including phenoxy) is 1. The summed E-state index contributed by atoms with van der Waals surface area (Å²) in [6, 6.07) is 12.3. The van der Waals surface area contributed by atoms with Crippen LogP contribution in [0.5, 0.6) is 5.75 Å². The van der Waals surface area contributed by atoms with E-state index in [0.29, 0.717) is 12.3 Å². The van der Waals surface area contributed by atoms with Crippen LogP contribution in [0, 0.1) is 5.92 Å². The first-order chi connectivity index (χ1) is 13.5. The van der Waals surface area contributed by atoms with Gasteiger partial charge in [0.1, 0.15) is 5.75 Å². The quantitative estimate of drug-likeness (QED) is 0.783. The summed E-state index contributed by atoms with van der Waals surface area (Å²) in [7, 11) is -2.13. The van der Waals surface area contributed by atoms with Crippen LogP contribution in [0.4, 0.5) is 5.69 Å². The van der Waals surface area contributed by atoms with Gasteiger partial charge in [0, 0.05) is 30.1 Å². The van der Waals surface area contributed by atoms with Gasteiger partial charge in [-0.25, -0.2) is 13.1 Å². The molecule has 1 aliphatic rings. The maximum atomic E-state index is 12.9. The number of carbonyl (C=O) groups excluding carboxylic acids is 1. The van der Waals surface area contributed by atoms with Crippen LogP contribution in [0.2, 0.25) is 0 Å². The summed E-state index contributed by atoms with van der Waals surface area (Å²) in [6.07, 6.45) is 0. The van der Waals surface area contributed by atoms with Crippen molar-refractivity contribution in [1.82, 2.24) is 4.72 Å². The van der Waals surface area contributed by atoms with Gasteiger partial charge in [-0.05, 0) is 41.5 Å². The lowest BCUT2D eigenvalue weighted by atomic mass is 9.87. The van der Waals surface area contributed by atoms with E-state index in [1.165, 1.54) is 0 Å². The summed E-state index contributed by atoms with van der Waals surface area (Å²) in [6.45, 7) is 8.50. The second-order valence-electron chi connectivity index (χ2n) is 8.32. The van der Waals surface area contributed by atoms with Crippen molar-refractivity contribution < 1.29 is 17.9 Å². The lowest BCUT2D eigenvalue weighted by molar-refractivity contribution is -0.121. The Balaban J connectivity index is 1.87. The summed E-state index contributed by atoms with van der Waals surface area (Å²) in [5, 5.41) is 0. The SMILES string of the molecule is COc1cccc(CNS(=O)(=O)c2ccc3c(c2)C(C)(C)CN3C(=O)C(C)C)c1. The molecule has 0 atom stereocenters. The Morgan fingerprint density at radius 2 is 1.93 bits per heavy atom. The first-order valence-corrected chi connectivity index (χ1v) is 11.1. The van der Waals surface area contributed by atoms with Crippen LogP contribution < -0.4 is 14.4 Å². The van der Waals surface area contributed by atoms with Crippen LogP contribution >= 0.6 is 0 Å². The number of fused-ring (bicyclic) bond motifs is 1. The van der Waals surface area contributed by atoms with E-state index >= 15 is 0 Å². The summed E-state index contributed by atoms with van der Waals surface area (Å²) < 4.78 is 33.6. The fraction of sp³-hybridized carbons (Fsp3) is 0.409. The Kier molecular flexibility index (Phi) is 5.74. The highest BCUT2D eigenvalue weighted by Crippen LogP contribution is 2.42. The number of amides is 1. The molecule has 1 heterocycles. The van der Waals surface area contributed by atoms with Gasteiger partial charge < -0.3 is 9.64 Å². The normalized spacial score (nSPS) is 15.4. The molecule has 2 aromatic rings. The third-order valence-electron chi connectivity index (χ3n) is 5.21. The lowest BCUT2D eigenvalue weighted by Gasteiger charge is -2.22. The summed E-state index contributed by atoms with van der Waals surface area (Å²) >= 11 is 0. The predicted molar refractivity (Wildman–Crippen MR) is 114 cm³/mol. The van der Waals surface area contributed by atoms with E-state index in [-0.39, 0.29) is 28.7 Å². The van der Waals surface area contributed by atoms with Gasteiger partial charge in [0.05, 0.1) is 12.0 Å². The molecule has 0 bridgehead atoms. The summed E-state index contributed by atoms with van der Waals surface area (Å²) in [4.78, 5) is 14.5. The van der Waals surface area contributed by atoms with E-state index in [4.69, 9.17) is 4.74 Å². The Morgan fingerprint density at radius 3 is 2.59 bits per heavy atom. The highest BCUT2D eigenvalue weighted by Gasteiger charge is 2.39. The van der Waals surface area contributed by atoms with Crippen LogP contribution in [0.25, 0.3) is 0 Å². The Labute approximate surface area is 172 Å². The third kappa shape index (κ3) is 4.31. The molecule has 7 heteroatoms. The minimum atomic E-state index is -3.70. The van der Waals surface area contributed by atoms with Crippen LogP contribution in [-0.2, 0) is 26.8 Å². The van der Waals surface area contributed by atoms with Crippen LogP contribution in [-0.4, -0.2) is 28.0 Å². The van der Waals surface area contributed by atoms with Gasteiger partial charge in [-0.2, -0.15) is 0 Å². The second-order valence-corrected chi connectivity index (χ2v) is 10.1. The number of anilines is 1. The van der Waals surface area contributed by atoms with Crippen molar-refractivity contribution in [2.45, 2.75) is 44.6 Å². The van der Waals surface area contributed by atoms with Gasteiger partial charge in [0.2, 0.25) is 15.9 Å². The molecule has 2 aromatic carbocycles. The number of sulfonamides is 1. The van der Waals surface area contributed by atoms with Crippen molar-refractivity contribution >= 4 is 21.6 Å². The fourth-order valence-corrected chi connectivity index (χ4v) is 4.62. The van der Waals surface area contributed by atoms with Gasteiger partial charge in [-0.15, -0.1) is 0 Å². The van der Waals surface area contributed by atoms with Crippen molar-refractivity contribution in [3.63, 3.8) is 0 Å². The van der Waals surface area contributed by atoms with E-state index in [2.05, 4.69) is 4.72 Å². The summed E-state index contributed by atoms with van der Waals surface area (Å²) in [5.41, 5.74) is 2.15. The minimum Gasteiger partial charge on any atom is -0.497 e. The molecule has 1 N–H and O–H groups in total.